The van der Waals surface area contributed by atoms with Gasteiger partial charge in [-0.05, 0) is 69.3 Å². The number of aryl methyl sites for hydroxylation is 1. The fraction of sp³-hybridized carbons (Fsp3) is 0.684. The topological polar surface area (TPSA) is 15.3 Å². The van der Waals surface area contributed by atoms with E-state index in [4.69, 9.17) is 0 Å². The molecule has 1 heterocycles. The molecule has 1 fully saturated rings. The van der Waals surface area contributed by atoms with Crippen molar-refractivity contribution in [3.63, 3.8) is 0 Å². The maximum Gasteiger partial charge on any atom is 0.0335 e. The summed E-state index contributed by atoms with van der Waals surface area (Å²) in [6.07, 6.45) is 5.20. The molecule has 1 aliphatic heterocycles. The van der Waals surface area contributed by atoms with Crippen LogP contribution >= 0.6 is 0 Å². The lowest BCUT2D eigenvalue weighted by Gasteiger charge is -2.32. The number of hydrogen-bond acceptors (Lipinski definition) is 2. The van der Waals surface area contributed by atoms with Crippen LogP contribution in [0.3, 0.4) is 0 Å². The van der Waals surface area contributed by atoms with Crippen molar-refractivity contribution >= 4 is 0 Å². The fourth-order valence-electron chi connectivity index (χ4n) is 3.47. The van der Waals surface area contributed by atoms with Crippen LogP contribution in [0.2, 0.25) is 0 Å². The molecule has 0 aliphatic carbocycles. The van der Waals surface area contributed by atoms with Crippen molar-refractivity contribution in [3.8, 4) is 0 Å². The second-order valence-electron chi connectivity index (χ2n) is 6.70. The third-order valence-electron chi connectivity index (χ3n) is 4.68. The first-order valence-electron chi connectivity index (χ1n) is 8.72. The van der Waals surface area contributed by atoms with E-state index in [1.807, 2.05) is 0 Å². The predicted molar refractivity (Wildman–Crippen MR) is 91.7 cm³/mol. The average molecular weight is 288 g/mol. The molecule has 118 valence electrons. The summed E-state index contributed by atoms with van der Waals surface area (Å²) in [5.41, 5.74) is 2.90. The normalized spacial score (nSPS) is 21.4. The highest BCUT2D eigenvalue weighted by molar-refractivity contribution is 5.28. The summed E-state index contributed by atoms with van der Waals surface area (Å²) in [6, 6.07) is 9.34. The molecule has 0 amide bonds. The number of rotatable bonds is 7. The van der Waals surface area contributed by atoms with Crippen molar-refractivity contribution < 1.29 is 0 Å². The van der Waals surface area contributed by atoms with E-state index in [2.05, 4.69) is 55.3 Å². The molecule has 0 radical (unpaired) electrons. The van der Waals surface area contributed by atoms with Gasteiger partial charge in [0.25, 0.3) is 0 Å². The molecule has 2 heteroatoms. The lowest BCUT2D eigenvalue weighted by Crippen LogP contribution is -2.36. The van der Waals surface area contributed by atoms with Crippen LogP contribution in [0.1, 0.15) is 56.7 Å². The maximum absolute atomic E-state index is 3.75. The molecule has 0 spiro atoms. The molecule has 1 N–H and O–H groups in total. The standard InChI is InChI=1S/C19H32N2/c1-4-12-20-19(18-10-6-5-9-17(18)3)11-14-21-13-7-8-16(2)15-21/h5-6,9-10,16,19-20H,4,7-8,11-15H2,1-3H3. The monoisotopic (exact) mass is 288 g/mol. The second kappa shape index (κ2) is 8.55. The highest BCUT2D eigenvalue weighted by Gasteiger charge is 2.18. The van der Waals surface area contributed by atoms with E-state index < -0.39 is 0 Å². The Morgan fingerprint density at radius 2 is 2.14 bits per heavy atom. The van der Waals surface area contributed by atoms with Crippen LogP contribution < -0.4 is 5.32 Å². The van der Waals surface area contributed by atoms with Crippen LogP contribution in [0.15, 0.2) is 24.3 Å². The minimum atomic E-state index is 0.503. The Balaban J connectivity index is 1.94. The number of nitrogens with one attached hydrogen (secondary N) is 1. The van der Waals surface area contributed by atoms with Gasteiger partial charge in [-0.2, -0.15) is 0 Å². The summed E-state index contributed by atoms with van der Waals surface area (Å²) >= 11 is 0. The van der Waals surface area contributed by atoms with Crippen molar-refractivity contribution in [1.29, 1.82) is 0 Å². The highest BCUT2D eigenvalue weighted by atomic mass is 15.1. The molecule has 0 saturated carbocycles. The lowest BCUT2D eigenvalue weighted by atomic mass is 9.96. The summed E-state index contributed by atoms with van der Waals surface area (Å²) < 4.78 is 0. The van der Waals surface area contributed by atoms with E-state index in [-0.39, 0.29) is 0 Å². The molecule has 2 atom stereocenters. The van der Waals surface area contributed by atoms with Crippen molar-refractivity contribution in [1.82, 2.24) is 10.2 Å². The van der Waals surface area contributed by atoms with E-state index >= 15 is 0 Å². The fourth-order valence-corrected chi connectivity index (χ4v) is 3.47. The van der Waals surface area contributed by atoms with Gasteiger partial charge in [-0.25, -0.2) is 0 Å². The molecule has 1 aromatic carbocycles. The van der Waals surface area contributed by atoms with Crippen molar-refractivity contribution in [2.24, 2.45) is 5.92 Å². The predicted octanol–water partition coefficient (Wildman–Crippen LogP) is 4.16. The van der Waals surface area contributed by atoms with Gasteiger partial charge in [0.15, 0.2) is 0 Å². The number of nitrogens with zero attached hydrogens (tertiary/aromatic N) is 1. The van der Waals surface area contributed by atoms with Gasteiger partial charge in [-0.15, -0.1) is 0 Å². The average Bonchev–Trinajstić information content (AvgIpc) is 2.48. The number of piperidine rings is 1. The summed E-state index contributed by atoms with van der Waals surface area (Å²) in [5.74, 6) is 0.874. The van der Waals surface area contributed by atoms with Crippen LogP contribution in [-0.2, 0) is 0 Å². The van der Waals surface area contributed by atoms with E-state index in [0.717, 1.165) is 12.5 Å². The van der Waals surface area contributed by atoms with Crippen molar-refractivity contribution in [2.45, 2.75) is 52.5 Å². The number of benzene rings is 1. The van der Waals surface area contributed by atoms with Crippen LogP contribution in [0.5, 0.6) is 0 Å². The molecule has 1 saturated heterocycles. The molecule has 0 bridgehead atoms. The van der Waals surface area contributed by atoms with E-state index in [0.29, 0.717) is 6.04 Å². The Morgan fingerprint density at radius 3 is 2.86 bits per heavy atom. The van der Waals surface area contributed by atoms with Gasteiger partial charge in [-0.3, -0.25) is 0 Å². The van der Waals surface area contributed by atoms with Gasteiger partial charge < -0.3 is 10.2 Å². The summed E-state index contributed by atoms with van der Waals surface area (Å²) in [4.78, 5) is 2.66. The first-order valence-corrected chi connectivity index (χ1v) is 8.72. The van der Waals surface area contributed by atoms with Gasteiger partial charge in [0, 0.05) is 12.6 Å². The lowest BCUT2D eigenvalue weighted by molar-refractivity contribution is 0.176. The minimum absolute atomic E-state index is 0.503. The van der Waals surface area contributed by atoms with Gasteiger partial charge >= 0.3 is 0 Å². The first-order chi connectivity index (χ1) is 10.2. The van der Waals surface area contributed by atoms with Crippen LogP contribution in [0.4, 0.5) is 0 Å². The van der Waals surface area contributed by atoms with Gasteiger partial charge in [0.05, 0.1) is 0 Å². The number of likely N-dealkylation sites (tertiary alicyclic amines) is 1. The molecular weight excluding hydrogens is 256 g/mol. The maximum atomic E-state index is 3.75. The van der Waals surface area contributed by atoms with E-state index in [1.165, 1.54) is 56.4 Å². The number of hydrogen-bond donors (Lipinski definition) is 1. The smallest absolute Gasteiger partial charge is 0.0335 e. The molecule has 2 nitrogen and oxygen atoms in total. The van der Waals surface area contributed by atoms with Gasteiger partial charge in [0.2, 0.25) is 0 Å². The van der Waals surface area contributed by atoms with E-state index in [1.54, 1.807) is 0 Å². The molecular formula is C19H32N2. The minimum Gasteiger partial charge on any atom is -0.310 e. The summed E-state index contributed by atoms with van der Waals surface area (Å²) in [5, 5.41) is 3.75. The third-order valence-corrected chi connectivity index (χ3v) is 4.68. The molecule has 2 rings (SSSR count). The zero-order valence-corrected chi connectivity index (χ0v) is 14.1. The Hall–Kier alpha value is -0.860. The zero-order chi connectivity index (χ0) is 15.1. The Morgan fingerprint density at radius 1 is 1.33 bits per heavy atom. The Bertz CT molecular complexity index is 416. The van der Waals surface area contributed by atoms with Crippen LogP contribution in [0.25, 0.3) is 0 Å². The van der Waals surface area contributed by atoms with Gasteiger partial charge in [-0.1, -0.05) is 38.1 Å². The summed E-state index contributed by atoms with van der Waals surface area (Å²) in [7, 11) is 0. The Kier molecular flexibility index (Phi) is 6.72. The molecule has 1 aliphatic rings. The zero-order valence-electron chi connectivity index (χ0n) is 14.1. The van der Waals surface area contributed by atoms with Crippen LogP contribution in [-0.4, -0.2) is 31.1 Å². The van der Waals surface area contributed by atoms with Crippen molar-refractivity contribution in [2.75, 3.05) is 26.2 Å². The highest BCUT2D eigenvalue weighted by Crippen LogP contribution is 2.23. The third kappa shape index (κ3) is 5.12. The SMILES string of the molecule is CCCNC(CCN1CCCC(C)C1)c1ccccc1C. The molecule has 1 aromatic rings. The largest absolute Gasteiger partial charge is 0.310 e. The molecule has 21 heavy (non-hydrogen) atoms. The second-order valence-corrected chi connectivity index (χ2v) is 6.70. The molecule has 2 unspecified atom stereocenters. The van der Waals surface area contributed by atoms with E-state index in [9.17, 15) is 0 Å². The molecule has 0 aromatic heterocycles. The van der Waals surface area contributed by atoms with Gasteiger partial charge in [0.1, 0.15) is 0 Å². The Labute approximate surface area is 130 Å². The summed E-state index contributed by atoms with van der Waals surface area (Å²) in [6.45, 7) is 11.8. The quantitative estimate of drug-likeness (QED) is 0.810. The van der Waals surface area contributed by atoms with Crippen LogP contribution in [0, 0.1) is 12.8 Å². The van der Waals surface area contributed by atoms with Crippen molar-refractivity contribution in [3.05, 3.63) is 35.4 Å². The first kappa shape index (κ1) is 16.5.